The van der Waals surface area contributed by atoms with Gasteiger partial charge < -0.3 is 15.2 Å². The Bertz CT molecular complexity index is 313. The molecule has 0 aromatic heterocycles. The maximum atomic E-state index is 13.2. The van der Waals surface area contributed by atoms with Gasteiger partial charge in [0.25, 0.3) is 0 Å². The number of ether oxygens (including phenoxy) is 1. The maximum absolute atomic E-state index is 13.2. The molecule has 4 heteroatoms. The fraction of sp³-hybridized carbons (Fsp3) is 0.455. The number of benzene rings is 1. The molecule has 0 amide bonds. The Kier molecular flexibility index (Phi) is 4.52. The van der Waals surface area contributed by atoms with E-state index in [4.69, 9.17) is 9.84 Å². The van der Waals surface area contributed by atoms with E-state index in [9.17, 15) is 4.39 Å². The number of aryl methyl sites for hydroxylation is 1. The van der Waals surface area contributed by atoms with Gasteiger partial charge in [0, 0.05) is 0 Å². The van der Waals surface area contributed by atoms with Gasteiger partial charge in [0.2, 0.25) is 0 Å². The molecule has 15 heavy (non-hydrogen) atoms. The van der Waals surface area contributed by atoms with Crippen LogP contribution in [0.3, 0.4) is 0 Å². The van der Waals surface area contributed by atoms with Crippen LogP contribution in [0.2, 0.25) is 0 Å². The van der Waals surface area contributed by atoms with Crippen molar-refractivity contribution in [1.29, 1.82) is 0 Å². The van der Waals surface area contributed by atoms with Crippen molar-refractivity contribution in [2.45, 2.75) is 13.0 Å². The summed E-state index contributed by atoms with van der Waals surface area (Å²) in [6.07, 6.45) is 0. The van der Waals surface area contributed by atoms with E-state index in [0.717, 1.165) is 5.56 Å². The molecule has 1 rings (SSSR count). The average molecular weight is 213 g/mol. The summed E-state index contributed by atoms with van der Waals surface area (Å²) in [5, 5.41) is 11.8. The minimum Gasteiger partial charge on any atom is -0.489 e. The van der Waals surface area contributed by atoms with Crippen LogP contribution in [0.5, 0.6) is 5.75 Å². The minimum absolute atomic E-state index is 0.0378. The molecule has 0 radical (unpaired) electrons. The quantitative estimate of drug-likeness (QED) is 0.769. The lowest BCUT2D eigenvalue weighted by Crippen LogP contribution is -2.35. The fourth-order valence-electron chi connectivity index (χ4n) is 1.14. The van der Waals surface area contributed by atoms with Crippen LogP contribution in [-0.4, -0.2) is 31.4 Å². The molecule has 84 valence electrons. The second-order valence-corrected chi connectivity index (χ2v) is 3.41. The van der Waals surface area contributed by atoms with E-state index >= 15 is 0 Å². The number of likely N-dealkylation sites (N-methyl/N-ethyl adjacent to an activating group) is 1. The molecule has 1 aromatic carbocycles. The zero-order valence-corrected chi connectivity index (χ0v) is 8.96. The Morgan fingerprint density at radius 2 is 2.27 bits per heavy atom. The molecule has 0 spiro atoms. The third-order valence-corrected chi connectivity index (χ3v) is 2.16. The molecule has 0 fully saturated rings. The fourth-order valence-corrected chi connectivity index (χ4v) is 1.14. The van der Waals surface area contributed by atoms with E-state index < -0.39 is 0 Å². The van der Waals surface area contributed by atoms with Gasteiger partial charge in [0.05, 0.1) is 12.6 Å². The molecule has 0 aliphatic carbocycles. The Hall–Kier alpha value is -1.13. The largest absolute Gasteiger partial charge is 0.489 e. The number of halogens is 1. The highest BCUT2D eigenvalue weighted by Crippen LogP contribution is 2.18. The van der Waals surface area contributed by atoms with E-state index in [0.29, 0.717) is 0 Å². The second kappa shape index (κ2) is 5.68. The molecular weight excluding hydrogens is 197 g/mol. The van der Waals surface area contributed by atoms with Crippen molar-refractivity contribution in [2.24, 2.45) is 0 Å². The first kappa shape index (κ1) is 11.9. The number of hydrogen-bond acceptors (Lipinski definition) is 3. The molecule has 1 aromatic rings. The summed E-state index contributed by atoms with van der Waals surface area (Å²) in [7, 11) is 1.72. The molecule has 0 heterocycles. The number of nitrogens with one attached hydrogen (secondary N) is 1. The maximum Gasteiger partial charge on any atom is 0.165 e. The standard InChI is InChI=1S/C11H16FNO2/c1-8-3-4-10(12)11(5-8)15-7-9(6-14)13-2/h3-5,9,13-14H,6-7H2,1-2H3. The van der Waals surface area contributed by atoms with E-state index in [1.54, 1.807) is 19.2 Å². The second-order valence-electron chi connectivity index (χ2n) is 3.41. The third kappa shape index (κ3) is 3.49. The topological polar surface area (TPSA) is 41.5 Å². The first-order chi connectivity index (χ1) is 7.17. The van der Waals surface area contributed by atoms with Crippen LogP contribution in [-0.2, 0) is 0 Å². The lowest BCUT2D eigenvalue weighted by atomic mass is 10.2. The van der Waals surface area contributed by atoms with Crippen LogP contribution in [0.25, 0.3) is 0 Å². The van der Waals surface area contributed by atoms with Crippen LogP contribution in [0.4, 0.5) is 4.39 Å². The molecule has 0 aliphatic rings. The van der Waals surface area contributed by atoms with Gasteiger partial charge in [0.1, 0.15) is 6.61 Å². The molecule has 2 N–H and O–H groups in total. The molecule has 3 nitrogen and oxygen atoms in total. The lowest BCUT2D eigenvalue weighted by molar-refractivity contribution is 0.185. The number of aliphatic hydroxyl groups is 1. The monoisotopic (exact) mass is 213 g/mol. The summed E-state index contributed by atoms with van der Waals surface area (Å²) < 4.78 is 18.5. The van der Waals surface area contributed by atoms with Crippen molar-refractivity contribution in [3.63, 3.8) is 0 Å². The Balaban J connectivity index is 2.60. The lowest BCUT2D eigenvalue weighted by Gasteiger charge is -2.14. The van der Waals surface area contributed by atoms with Gasteiger partial charge in [-0.15, -0.1) is 0 Å². The van der Waals surface area contributed by atoms with Crippen molar-refractivity contribution in [3.05, 3.63) is 29.6 Å². The van der Waals surface area contributed by atoms with Crippen LogP contribution in [0.15, 0.2) is 18.2 Å². The zero-order chi connectivity index (χ0) is 11.3. The molecule has 1 atom stereocenters. The van der Waals surface area contributed by atoms with E-state index in [1.807, 2.05) is 6.92 Å². The molecule has 0 aliphatic heterocycles. The summed E-state index contributed by atoms with van der Waals surface area (Å²) in [5.41, 5.74) is 0.941. The van der Waals surface area contributed by atoms with Gasteiger partial charge in [-0.2, -0.15) is 0 Å². The third-order valence-electron chi connectivity index (χ3n) is 2.16. The van der Waals surface area contributed by atoms with Crippen molar-refractivity contribution in [2.75, 3.05) is 20.3 Å². The van der Waals surface area contributed by atoms with Crippen LogP contribution in [0, 0.1) is 12.7 Å². The Labute approximate surface area is 88.9 Å². The minimum atomic E-state index is -0.381. The van der Waals surface area contributed by atoms with Gasteiger partial charge in [0.15, 0.2) is 11.6 Å². The SMILES string of the molecule is CNC(CO)COc1cc(C)ccc1F. The number of hydrogen-bond donors (Lipinski definition) is 2. The van der Waals surface area contributed by atoms with Gasteiger partial charge in [-0.05, 0) is 31.7 Å². The highest BCUT2D eigenvalue weighted by molar-refractivity contribution is 5.29. The van der Waals surface area contributed by atoms with Crippen molar-refractivity contribution >= 4 is 0 Å². The molecular formula is C11H16FNO2. The summed E-state index contributed by atoms with van der Waals surface area (Å²) in [4.78, 5) is 0. The molecule has 0 saturated carbocycles. The molecule has 0 saturated heterocycles. The number of rotatable bonds is 5. The summed E-state index contributed by atoms with van der Waals surface area (Å²) in [6, 6.07) is 4.52. The van der Waals surface area contributed by atoms with Crippen molar-refractivity contribution in [1.82, 2.24) is 5.32 Å². The first-order valence-electron chi connectivity index (χ1n) is 4.84. The van der Waals surface area contributed by atoms with Crippen LogP contribution >= 0.6 is 0 Å². The predicted octanol–water partition coefficient (Wildman–Crippen LogP) is 1.09. The summed E-state index contributed by atoms with van der Waals surface area (Å²) >= 11 is 0. The van der Waals surface area contributed by atoms with Crippen LogP contribution in [0.1, 0.15) is 5.56 Å². The predicted molar refractivity (Wildman–Crippen MR) is 56.6 cm³/mol. The molecule has 1 unspecified atom stereocenters. The van der Waals surface area contributed by atoms with Crippen molar-refractivity contribution in [3.8, 4) is 5.75 Å². The summed E-state index contributed by atoms with van der Waals surface area (Å²) in [6.45, 7) is 2.07. The highest BCUT2D eigenvalue weighted by atomic mass is 19.1. The average Bonchev–Trinajstić information content (AvgIpc) is 2.24. The van der Waals surface area contributed by atoms with Gasteiger partial charge in [-0.1, -0.05) is 6.07 Å². The van der Waals surface area contributed by atoms with Crippen LogP contribution < -0.4 is 10.1 Å². The van der Waals surface area contributed by atoms with E-state index in [1.165, 1.54) is 6.07 Å². The van der Waals surface area contributed by atoms with Crippen molar-refractivity contribution < 1.29 is 14.2 Å². The number of aliphatic hydroxyl groups excluding tert-OH is 1. The first-order valence-corrected chi connectivity index (χ1v) is 4.84. The van der Waals surface area contributed by atoms with Gasteiger partial charge >= 0.3 is 0 Å². The van der Waals surface area contributed by atoms with Gasteiger partial charge in [-0.3, -0.25) is 0 Å². The zero-order valence-electron chi connectivity index (χ0n) is 8.96. The van der Waals surface area contributed by atoms with E-state index in [-0.39, 0.29) is 30.8 Å². The smallest absolute Gasteiger partial charge is 0.165 e. The molecule has 0 bridgehead atoms. The Morgan fingerprint density at radius 1 is 1.53 bits per heavy atom. The summed E-state index contributed by atoms with van der Waals surface area (Å²) in [5.74, 6) is -0.155. The van der Waals surface area contributed by atoms with E-state index in [2.05, 4.69) is 5.32 Å². The van der Waals surface area contributed by atoms with Gasteiger partial charge in [-0.25, -0.2) is 4.39 Å². The normalized spacial score (nSPS) is 12.5. The Morgan fingerprint density at radius 3 is 2.87 bits per heavy atom. The highest BCUT2D eigenvalue weighted by Gasteiger charge is 2.08.